The van der Waals surface area contributed by atoms with Crippen LogP contribution in [0.2, 0.25) is 5.02 Å². The minimum absolute atomic E-state index is 0.108. The zero-order valence-corrected chi connectivity index (χ0v) is 21.0. The second-order valence-corrected chi connectivity index (χ2v) is 11.6. The SMILES string of the molecule is CC1(C)CN(C(=O)c2cc3c(C(=O)OC(C)(C)C)ncn3c3ccc(Cl)cc23)CC(C)(C)N1. The molecule has 3 aromatic rings. The molecule has 0 bridgehead atoms. The summed E-state index contributed by atoms with van der Waals surface area (Å²) in [5.74, 6) is -0.634. The van der Waals surface area contributed by atoms with Crippen molar-refractivity contribution in [3.63, 3.8) is 0 Å². The molecule has 1 aliphatic rings. The summed E-state index contributed by atoms with van der Waals surface area (Å²) < 4.78 is 7.35. The Labute approximate surface area is 199 Å². The van der Waals surface area contributed by atoms with Crippen molar-refractivity contribution in [1.82, 2.24) is 19.6 Å². The van der Waals surface area contributed by atoms with Gasteiger partial charge in [-0.2, -0.15) is 0 Å². The third-order valence-corrected chi connectivity index (χ3v) is 5.79. The number of carbonyl (C=O) groups excluding carboxylic acids is 2. The number of hydrogen-bond acceptors (Lipinski definition) is 5. The number of nitrogens with zero attached hydrogens (tertiary/aromatic N) is 3. The fraction of sp³-hybridized carbons (Fsp3) is 0.480. The number of rotatable bonds is 2. The molecular weight excluding hydrogens is 440 g/mol. The number of nitrogens with one attached hydrogen (secondary N) is 1. The fourth-order valence-corrected chi connectivity index (χ4v) is 4.99. The largest absolute Gasteiger partial charge is 0.455 e. The quantitative estimate of drug-likeness (QED) is 0.549. The second-order valence-electron chi connectivity index (χ2n) is 11.1. The molecule has 2 aromatic heterocycles. The summed E-state index contributed by atoms with van der Waals surface area (Å²) >= 11 is 6.32. The van der Waals surface area contributed by atoms with E-state index in [2.05, 4.69) is 38.0 Å². The molecule has 1 amide bonds. The molecule has 7 nitrogen and oxygen atoms in total. The Balaban J connectivity index is 1.89. The standard InChI is InChI=1S/C25H31ClN4O3/c1-23(2,3)33-22(32)20-19-11-17(16-10-15(26)8-9-18(16)30(19)14-27-20)21(31)29-12-24(4,5)28-25(6,7)13-29/h8-11,14,28H,12-13H2,1-7H3. The van der Waals surface area contributed by atoms with Crippen LogP contribution in [0.15, 0.2) is 30.6 Å². The van der Waals surface area contributed by atoms with Crippen molar-refractivity contribution < 1.29 is 14.3 Å². The first-order valence-corrected chi connectivity index (χ1v) is 11.4. The minimum atomic E-state index is -0.659. The van der Waals surface area contributed by atoms with E-state index in [-0.39, 0.29) is 22.7 Å². The Bertz CT molecular complexity index is 1250. The molecule has 0 aliphatic carbocycles. The average Bonchev–Trinajstić information content (AvgIpc) is 3.07. The van der Waals surface area contributed by atoms with Crippen LogP contribution >= 0.6 is 11.6 Å². The number of aromatic nitrogens is 2. The lowest BCUT2D eigenvalue weighted by atomic mass is 9.90. The highest BCUT2D eigenvalue weighted by Crippen LogP contribution is 2.30. The highest BCUT2D eigenvalue weighted by atomic mass is 35.5. The number of benzene rings is 1. The fourth-order valence-electron chi connectivity index (χ4n) is 4.82. The number of hydrogen-bond donors (Lipinski definition) is 1. The van der Waals surface area contributed by atoms with E-state index in [0.717, 1.165) is 5.52 Å². The lowest BCUT2D eigenvalue weighted by Gasteiger charge is -2.48. The minimum Gasteiger partial charge on any atom is -0.455 e. The van der Waals surface area contributed by atoms with E-state index in [0.29, 0.717) is 34.6 Å². The predicted octanol–water partition coefficient (Wildman–Crippen LogP) is 4.70. The Morgan fingerprint density at radius 2 is 1.70 bits per heavy atom. The van der Waals surface area contributed by atoms with E-state index in [9.17, 15) is 9.59 Å². The van der Waals surface area contributed by atoms with E-state index in [1.54, 1.807) is 28.9 Å². The molecule has 0 spiro atoms. The van der Waals surface area contributed by atoms with Gasteiger partial charge in [-0.1, -0.05) is 11.6 Å². The number of esters is 1. The van der Waals surface area contributed by atoms with Crippen molar-refractivity contribution in [3.8, 4) is 0 Å². The number of ether oxygens (including phenoxy) is 1. The third kappa shape index (κ3) is 4.70. The van der Waals surface area contributed by atoms with Crippen molar-refractivity contribution in [2.24, 2.45) is 0 Å². The summed E-state index contributed by atoms with van der Waals surface area (Å²) in [6, 6.07) is 7.12. The van der Waals surface area contributed by atoms with Gasteiger partial charge in [0.2, 0.25) is 0 Å². The Hall–Kier alpha value is -2.64. The number of piperazine rings is 1. The highest BCUT2D eigenvalue weighted by molar-refractivity contribution is 6.31. The molecule has 0 saturated carbocycles. The number of carbonyl (C=O) groups is 2. The monoisotopic (exact) mass is 470 g/mol. The van der Waals surface area contributed by atoms with Crippen LogP contribution in [-0.4, -0.2) is 55.9 Å². The molecule has 1 aliphatic heterocycles. The summed E-state index contributed by atoms with van der Waals surface area (Å²) in [4.78, 5) is 32.9. The summed E-state index contributed by atoms with van der Waals surface area (Å²) in [7, 11) is 0. The molecule has 1 fully saturated rings. The van der Waals surface area contributed by atoms with Gasteiger partial charge in [0, 0.05) is 34.6 Å². The third-order valence-electron chi connectivity index (χ3n) is 5.55. The number of imidazole rings is 1. The maximum absolute atomic E-state index is 13.9. The van der Waals surface area contributed by atoms with Crippen molar-refractivity contribution >= 4 is 39.9 Å². The van der Waals surface area contributed by atoms with Gasteiger partial charge in [0.1, 0.15) is 11.9 Å². The maximum atomic E-state index is 13.9. The van der Waals surface area contributed by atoms with E-state index >= 15 is 0 Å². The van der Waals surface area contributed by atoms with Gasteiger partial charge in [0.05, 0.1) is 16.6 Å². The normalized spacial score (nSPS) is 18.0. The molecule has 3 heterocycles. The Kier molecular flexibility index (Phi) is 5.49. The molecule has 0 atom stereocenters. The maximum Gasteiger partial charge on any atom is 0.359 e. The molecule has 1 saturated heterocycles. The summed E-state index contributed by atoms with van der Waals surface area (Å²) in [6.45, 7) is 14.9. The first-order chi connectivity index (χ1) is 15.2. The van der Waals surface area contributed by atoms with Crippen molar-refractivity contribution in [2.45, 2.75) is 65.1 Å². The summed E-state index contributed by atoms with van der Waals surface area (Å²) in [6.07, 6.45) is 1.58. The molecule has 33 heavy (non-hydrogen) atoms. The van der Waals surface area contributed by atoms with Crippen LogP contribution in [0.5, 0.6) is 0 Å². The summed E-state index contributed by atoms with van der Waals surface area (Å²) in [5.41, 5.74) is 0.789. The zero-order valence-electron chi connectivity index (χ0n) is 20.2. The van der Waals surface area contributed by atoms with Crippen LogP contribution < -0.4 is 5.32 Å². The van der Waals surface area contributed by atoms with Crippen LogP contribution in [-0.2, 0) is 4.74 Å². The van der Waals surface area contributed by atoms with Crippen LogP contribution in [0.25, 0.3) is 16.4 Å². The van der Waals surface area contributed by atoms with Gasteiger partial charge in [-0.25, -0.2) is 9.78 Å². The topological polar surface area (TPSA) is 75.9 Å². The smallest absolute Gasteiger partial charge is 0.359 e. The molecule has 4 rings (SSSR count). The number of halogens is 1. The van der Waals surface area contributed by atoms with E-state index in [1.165, 1.54) is 0 Å². The van der Waals surface area contributed by atoms with E-state index in [4.69, 9.17) is 16.3 Å². The number of pyridine rings is 1. The van der Waals surface area contributed by atoms with Crippen LogP contribution in [0, 0.1) is 0 Å². The van der Waals surface area contributed by atoms with Crippen molar-refractivity contribution in [3.05, 3.63) is 46.9 Å². The van der Waals surface area contributed by atoms with Gasteiger partial charge in [-0.3, -0.25) is 9.20 Å². The number of fused-ring (bicyclic) bond motifs is 3. The van der Waals surface area contributed by atoms with E-state index < -0.39 is 11.6 Å². The average molecular weight is 471 g/mol. The zero-order chi connectivity index (χ0) is 24.3. The predicted molar refractivity (Wildman–Crippen MR) is 130 cm³/mol. The molecule has 176 valence electrons. The van der Waals surface area contributed by atoms with Crippen molar-refractivity contribution in [1.29, 1.82) is 0 Å². The molecule has 0 radical (unpaired) electrons. The lowest BCUT2D eigenvalue weighted by Crippen LogP contribution is -2.67. The Morgan fingerprint density at radius 3 is 2.30 bits per heavy atom. The number of amides is 1. The molecular formula is C25H31ClN4O3. The molecule has 1 N–H and O–H groups in total. The molecule has 8 heteroatoms. The van der Waals surface area contributed by atoms with Gasteiger partial charge in [0.15, 0.2) is 5.69 Å². The van der Waals surface area contributed by atoms with Gasteiger partial charge in [0.25, 0.3) is 5.91 Å². The molecule has 1 aromatic carbocycles. The first-order valence-electron chi connectivity index (χ1n) is 11.1. The second kappa shape index (κ2) is 7.71. The van der Waals surface area contributed by atoms with Gasteiger partial charge < -0.3 is 15.0 Å². The van der Waals surface area contributed by atoms with Crippen molar-refractivity contribution in [2.75, 3.05) is 13.1 Å². The first kappa shape index (κ1) is 23.5. The van der Waals surface area contributed by atoms with Crippen LogP contribution in [0.4, 0.5) is 0 Å². The lowest BCUT2D eigenvalue weighted by molar-refractivity contribution is 0.00656. The van der Waals surface area contributed by atoms with Crippen LogP contribution in [0.3, 0.4) is 0 Å². The van der Waals surface area contributed by atoms with Gasteiger partial charge >= 0.3 is 5.97 Å². The Morgan fingerprint density at radius 1 is 1.06 bits per heavy atom. The molecule has 0 unspecified atom stereocenters. The summed E-state index contributed by atoms with van der Waals surface area (Å²) in [5, 5.41) is 4.84. The van der Waals surface area contributed by atoms with Gasteiger partial charge in [-0.05, 0) is 72.7 Å². The highest BCUT2D eigenvalue weighted by Gasteiger charge is 2.39. The van der Waals surface area contributed by atoms with Gasteiger partial charge in [-0.15, -0.1) is 0 Å². The van der Waals surface area contributed by atoms with E-state index in [1.807, 2.05) is 31.7 Å². The van der Waals surface area contributed by atoms with Crippen LogP contribution in [0.1, 0.15) is 69.3 Å².